The molecule has 0 atom stereocenters. The quantitative estimate of drug-likeness (QED) is 0.426. The van der Waals surface area contributed by atoms with Crippen LogP contribution < -0.4 is 0 Å². The third-order valence-electron chi connectivity index (χ3n) is 4.24. The van der Waals surface area contributed by atoms with Gasteiger partial charge in [0.15, 0.2) is 15.6 Å². The van der Waals surface area contributed by atoms with Crippen LogP contribution in [-0.4, -0.2) is 18.6 Å². The number of rotatable bonds is 6. The number of hydrogen-bond donors (Lipinski definition) is 0. The molecule has 0 unspecified atom stereocenters. The molecule has 6 nitrogen and oxygen atoms in total. The van der Waals surface area contributed by atoms with Crippen LogP contribution in [0.15, 0.2) is 69.6 Å². The lowest BCUT2D eigenvalue weighted by Crippen LogP contribution is -2.07. The van der Waals surface area contributed by atoms with E-state index in [0.717, 1.165) is 11.1 Å². The Bertz CT molecular complexity index is 1260. The average molecular weight is 429 g/mol. The number of benzene rings is 2. The number of hydrogen-bond acceptors (Lipinski definition) is 6. The van der Waals surface area contributed by atoms with Crippen LogP contribution in [0.4, 0.5) is 0 Å². The topological polar surface area (TPSA) is 86.2 Å². The van der Waals surface area contributed by atoms with Crippen molar-refractivity contribution in [3.8, 4) is 23.0 Å². The summed E-state index contributed by atoms with van der Waals surface area (Å²) in [6.07, 6.45) is 0. The van der Waals surface area contributed by atoms with E-state index < -0.39 is 9.84 Å². The van der Waals surface area contributed by atoms with Crippen molar-refractivity contribution in [2.24, 2.45) is 0 Å². The summed E-state index contributed by atoms with van der Waals surface area (Å²) < 4.78 is 35.9. The van der Waals surface area contributed by atoms with E-state index in [2.05, 4.69) is 10.1 Å². The Balaban J connectivity index is 1.51. The van der Waals surface area contributed by atoms with E-state index in [0.29, 0.717) is 27.9 Å². The maximum atomic E-state index is 12.5. The van der Waals surface area contributed by atoms with E-state index in [1.54, 1.807) is 30.3 Å². The van der Waals surface area contributed by atoms with Crippen LogP contribution in [0, 0.1) is 6.92 Å². The molecular weight excluding hydrogens is 412 g/mol. The Hall–Kier alpha value is -2.90. The third-order valence-corrected chi connectivity index (χ3v) is 6.07. The van der Waals surface area contributed by atoms with Crippen molar-refractivity contribution in [1.82, 2.24) is 10.1 Å². The highest BCUT2D eigenvalue weighted by Crippen LogP contribution is 2.28. The molecule has 4 aromatic rings. The first-order valence-electron chi connectivity index (χ1n) is 8.83. The second-order valence-corrected chi connectivity index (χ2v) is 9.16. The van der Waals surface area contributed by atoms with Crippen LogP contribution >= 0.6 is 11.6 Å². The molecule has 148 valence electrons. The van der Waals surface area contributed by atoms with Gasteiger partial charge in [0.25, 0.3) is 5.89 Å². The molecule has 0 saturated heterocycles. The molecule has 0 aliphatic rings. The van der Waals surface area contributed by atoms with Gasteiger partial charge in [0.1, 0.15) is 11.5 Å². The Labute approximate surface area is 173 Å². The number of halogens is 1. The summed E-state index contributed by atoms with van der Waals surface area (Å²) in [5.74, 6) is 0.827. The van der Waals surface area contributed by atoms with E-state index in [1.165, 1.54) is 0 Å². The molecule has 29 heavy (non-hydrogen) atoms. The van der Waals surface area contributed by atoms with Crippen molar-refractivity contribution < 1.29 is 17.4 Å². The lowest BCUT2D eigenvalue weighted by Gasteiger charge is -2.04. The molecule has 0 fully saturated rings. The Morgan fingerprint density at radius 1 is 1.00 bits per heavy atom. The molecule has 2 aromatic carbocycles. The Morgan fingerprint density at radius 2 is 1.83 bits per heavy atom. The fourth-order valence-corrected chi connectivity index (χ4v) is 4.57. The van der Waals surface area contributed by atoms with Crippen molar-refractivity contribution in [2.75, 3.05) is 0 Å². The van der Waals surface area contributed by atoms with Gasteiger partial charge in [-0.1, -0.05) is 58.7 Å². The number of sulfone groups is 1. The lowest BCUT2D eigenvalue weighted by atomic mass is 10.2. The first kappa shape index (κ1) is 19.4. The number of nitrogens with zero attached hydrogens (tertiary/aromatic N) is 2. The predicted molar refractivity (Wildman–Crippen MR) is 110 cm³/mol. The lowest BCUT2D eigenvalue weighted by molar-refractivity contribution is 0.413. The number of aryl methyl sites for hydroxylation is 1. The van der Waals surface area contributed by atoms with Gasteiger partial charge in [-0.25, -0.2) is 8.42 Å². The summed E-state index contributed by atoms with van der Waals surface area (Å²) in [5.41, 5.74) is 2.40. The maximum absolute atomic E-state index is 12.5. The average Bonchev–Trinajstić information content (AvgIpc) is 3.31. The number of furan rings is 1. The van der Waals surface area contributed by atoms with Crippen LogP contribution in [0.3, 0.4) is 0 Å². The summed E-state index contributed by atoms with van der Waals surface area (Å²) in [5, 5.41) is 4.42. The molecule has 0 aliphatic carbocycles. The fraction of sp³-hybridized carbons (Fsp3) is 0.143. The van der Waals surface area contributed by atoms with E-state index in [-0.39, 0.29) is 17.4 Å². The van der Waals surface area contributed by atoms with Crippen molar-refractivity contribution in [3.05, 3.63) is 82.6 Å². The van der Waals surface area contributed by atoms with Gasteiger partial charge in [-0.05, 0) is 36.8 Å². The third kappa shape index (κ3) is 4.58. The van der Waals surface area contributed by atoms with Crippen LogP contribution in [0.2, 0.25) is 5.02 Å². The fourth-order valence-electron chi connectivity index (χ4n) is 2.97. The van der Waals surface area contributed by atoms with Crippen LogP contribution in [0.25, 0.3) is 23.0 Å². The maximum Gasteiger partial charge on any atom is 0.293 e. The predicted octanol–water partition coefficient (Wildman–Crippen LogP) is 5.07. The van der Waals surface area contributed by atoms with E-state index >= 15 is 0 Å². The van der Waals surface area contributed by atoms with Crippen LogP contribution in [0.5, 0.6) is 0 Å². The van der Waals surface area contributed by atoms with Crippen molar-refractivity contribution in [1.29, 1.82) is 0 Å². The van der Waals surface area contributed by atoms with Crippen LogP contribution in [0.1, 0.15) is 16.9 Å². The molecule has 0 radical (unpaired) electrons. The molecule has 0 aliphatic heterocycles. The summed E-state index contributed by atoms with van der Waals surface area (Å²) in [7, 11) is -3.39. The zero-order valence-corrected chi connectivity index (χ0v) is 17.1. The van der Waals surface area contributed by atoms with Gasteiger partial charge in [-0.2, -0.15) is 4.98 Å². The number of aromatic nitrogens is 2. The van der Waals surface area contributed by atoms with Gasteiger partial charge in [-0.3, -0.25) is 0 Å². The molecule has 8 heteroatoms. The van der Waals surface area contributed by atoms with Crippen LogP contribution in [-0.2, 0) is 21.3 Å². The molecule has 2 heterocycles. The molecule has 0 spiro atoms. The normalized spacial score (nSPS) is 11.7. The molecule has 0 saturated carbocycles. The second-order valence-electron chi connectivity index (χ2n) is 6.69. The van der Waals surface area contributed by atoms with Gasteiger partial charge in [0.05, 0.1) is 10.8 Å². The molecule has 4 rings (SSSR count). The van der Waals surface area contributed by atoms with E-state index in [9.17, 15) is 8.42 Å². The zero-order valence-electron chi connectivity index (χ0n) is 15.5. The summed E-state index contributed by atoms with van der Waals surface area (Å²) in [6.45, 7) is 1.93. The van der Waals surface area contributed by atoms with E-state index in [1.807, 2.05) is 37.3 Å². The van der Waals surface area contributed by atoms with Gasteiger partial charge >= 0.3 is 0 Å². The second kappa shape index (κ2) is 7.85. The minimum absolute atomic E-state index is 0.0536. The first-order chi connectivity index (χ1) is 13.9. The highest BCUT2D eigenvalue weighted by molar-refractivity contribution is 7.89. The van der Waals surface area contributed by atoms with Gasteiger partial charge in [0, 0.05) is 5.56 Å². The summed E-state index contributed by atoms with van der Waals surface area (Å²) >= 11 is 6.16. The molecule has 2 aromatic heterocycles. The molecule has 0 amide bonds. The SMILES string of the molecule is Cc1cccc(CS(=O)(=O)Cc2ccc(-c3nc(-c4ccccc4Cl)no3)o2)c1. The summed E-state index contributed by atoms with van der Waals surface area (Å²) in [6, 6.07) is 17.8. The van der Waals surface area contributed by atoms with Crippen molar-refractivity contribution in [3.63, 3.8) is 0 Å². The highest BCUT2D eigenvalue weighted by atomic mass is 35.5. The van der Waals surface area contributed by atoms with Crippen molar-refractivity contribution in [2.45, 2.75) is 18.4 Å². The highest BCUT2D eigenvalue weighted by Gasteiger charge is 2.19. The monoisotopic (exact) mass is 428 g/mol. The van der Waals surface area contributed by atoms with E-state index in [4.69, 9.17) is 20.5 Å². The van der Waals surface area contributed by atoms with Crippen molar-refractivity contribution >= 4 is 21.4 Å². The minimum Gasteiger partial charge on any atom is -0.455 e. The van der Waals surface area contributed by atoms with Gasteiger partial charge < -0.3 is 8.94 Å². The van der Waals surface area contributed by atoms with Gasteiger partial charge in [0.2, 0.25) is 5.82 Å². The smallest absolute Gasteiger partial charge is 0.293 e. The Kier molecular flexibility index (Phi) is 5.25. The standard InChI is InChI=1S/C21H17ClN2O4S/c1-14-5-4-6-15(11-14)12-29(25,26)13-16-9-10-19(27-16)21-23-20(24-28-21)17-7-2-3-8-18(17)22/h2-11H,12-13H2,1H3. The minimum atomic E-state index is -3.39. The Morgan fingerprint density at radius 3 is 2.62 bits per heavy atom. The zero-order chi connectivity index (χ0) is 20.4. The molecular formula is C21H17ClN2O4S. The molecule has 0 N–H and O–H groups in total. The van der Waals surface area contributed by atoms with Gasteiger partial charge in [-0.15, -0.1) is 0 Å². The summed E-state index contributed by atoms with van der Waals surface area (Å²) in [4.78, 5) is 4.29. The first-order valence-corrected chi connectivity index (χ1v) is 11.0. The molecule has 0 bridgehead atoms. The largest absolute Gasteiger partial charge is 0.455 e.